The summed E-state index contributed by atoms with van der Waals surface area (Å²) in [6.45, 7) is 57.9. The van der Waals surface area contributed by atoms with Gasteiger partial charge in [0.15, 0.2) is 13.2 Å². The van der Waals surface area contributed by atoms with Gasteiger partial charge in [0.25, 0.3) is 0 Å². The van der Waals surface area contributed by atoms with Gasteiger partial charge in [-0.2, -0.15) is 0 Å². The molecule has 13 rings (SSSR count). The summed E-state index contributed by atoms with van der Waals surface area (Å²) >= 11 is 4.74. The quantitative estimate of drug-likeness (QED) is 0.0360. The summed E-state index contributed by atoms with van der Waals surface area (Å²) < 4.78 is 17.4. The van der Waals surface area contributed by atoms with Crippen LogP contribution in [0.3, 0.4) is 0 Å². The van der Waals surface area contributed by atoms with E-state index in [1.54, 1.807) is 0 Å². The number of benzene rings is 3. The molecule has 0 aromatic heterocycles. The van der Waals surface area contributed by atoms with E-state index in [2.05, 4.69) is 162 Å². The number of hydrogen-bond acceptors (Lipinski definition) is 11. The van der Waals surface area contributed by atoms with Crippen LogP contribution in [0.5, 0.6) is 17.2 Å². The number of aliphatic hydroxyl groups excluding tert-OH is 3. The number of carbonyl (C=O) groups is 3. The van der Waals surface area contributed by atoms with Crippen LogP contribution in [0.15, 0.2) is 78.9 Å². The van der Waals surface area contributed by atoms with Crippen molar-refractivity contribution in [3.05, 3.63) is 112 Å². The average molecular weight is 1570 g/mol. The number of aromatic hydroxyl groups is 1. The van der Waals surface area contributed by atoms with Crippen LogP contribution in [-0.4, -0.2) is 98.5 Å². The van der Waals surface area contributed by atoms with Crippen LogP contribution in [0.1, 0.15) is 304 Å². The van der Waals surface area contributed by atoms with Crippen LogP contribution in [0.2, 0.25) is 0 Å². The molecule has 0 saturated heterocycles. The Hall–Kier alpha value is -3.92. The molecule has 7 N–H and O–H groups in total. The molecule has 0 aliphatic heterocycles. The van der Waals surface area contributed by atoms with E-state index in [-0.39, 0.29) is 110 Å². The molecule has 8 unspecified atom stereocenters. The molecule has 10 aliphatic carbocycles. The molecule has 3 aromatic carbocycles. The molecule has 111 heavy (non-hydrogen) atoms. The standard InChI is InChI=1S/C42H64O4.C30H50O2.C12H16O3.C10H14O.C2H3ClO2.Na.H2O/c1-26(2)29-12-11-28(5)32(23-29)45-24-36(44)46-25-42-20-15-30(27(3)4)37(42)31-13-14-34-39(8)18-17-35(43)38(6,7)33(39)16-19-41(34,10)40(31,9)21-22-42;1-19(2)20-10-15-30(18-31)17-16-28(6)21(25(20)30)8-9-23-27(5)13-12-24(32)26(3,4)22(27)11-14-29(23,28)7;1-8(2)10-5-4-9(3)11(6-10)15-7-12(13)14;1-7(2)9-5-4-8(3)10(11)6-9;3-1-2(4)5;;/h11-12,23,26,30-31,33-35,37,43H,3,13-22,24-25H2,1-2,4-10H3;20-25,31-32H,1,8-18H2,2-7H3;4-6,8H,7H2,1-3H3,(H,13,14);4-7,11H,1-3H3;1H2,(H,4,5);;1H2/q;;;;;+1;/p-1/t30-,31?,33?,34?,35-,37?,39-,40+,41+,42+;20-,21?,22?,23?,24-,25?,27-,28+,29+,30+;;;;;/m00...../s1. The topological polar surface area (TPSA) is 230 Å². The van der Waals surface area contributed by atoms with Crippen LogP contribution in [0, 0.1) is 134 Å². The zero-order valence-corrected chi connectivity index (χ0v) is 75.7. The number of hydrogen-bond donors (Lipinski definition) is 6. The fourth-order valence-corrected chi connectivity index (χ4v) is 26.9. The minimum atomic E-state index is -0.980. The van der Waals surface area contributed by atoms with Crippen LogP contribution in [-0.2, 0) is 19.1 Å². The first kappa shape index (κ1) is 94.2. The molecular weight excluding hydrogens is 1420 g/mol. The normalized spacial score (nSPS) is 36.8. The second-order valence-corrected chi connectivity index (χ2v) is 41.0. The van der Waals surface area contributed by atoms with Crippen LogP contribution < -0.4 is 39.0 Å². The van der Waals surface area contributed by atoms with Crippen molar-refractivity contribution in [1.29, 1.82) is 0 Å². The van der Waals surface area contributed by atoms with Gasteiger partial charge < -0.3 is 50.3 Å². The predicted molar refractivity (Wildman–Crippen MR) is 444 cm³/mol. The second-order valence-electron chi connectivity index (χ2n) is 40.7. The molecule has 0 spiro atoms. The first-order valence-corrected chi connectivity index (χ1v) is 43.0. The first-order chi connectivity index (χ1) is 50.8. The maximum atomic E-state index is 13.2. The molecule has 15 heteroatoms. The number of phenolic OH excluding ortho intramolecular Hbond substituents is 1. The van der Waals surface area contributed by atoms with E-state index in [1.165, 1.54) is 112 Å². The van der Waals surface area contributed by atoms with Crippen LogP contribution in [0.4, 0.5) is 0 Å². The van der Waals surface area contributed by atoms with Crippen molar-refractivity contribution in [2.24, 2.45) is 113 Å². The number of fused-ring (bicyclic) bond motifs is 14. The predicted octanol–water partition coefficient (Wildman–Crippen LogP) is 19.6. The molecule has 0 bridgehead atoms. The van der Waals surface area contributed by atoms with E-state index in [0.717, 1.165) is 78.4 Å². The number of aliphatic hydroxyl groups is 3. The second kappa shape index (κ2) is 36.1. The number of allylic oxidation sites excluding steroid dienone is 2. The maximum absolute atomic E-state index is 13.2. The summed E-state index contributed by atoms with van der Waals surface area (Å²) in [5.74, 6) is 6.88. The van der Waals surface area contributed by atoms with Gasteiger partial charge >= 0.3 is 47.5 Å². The largest absolute Gasteiger partial charge is 1.00 e. The summed E-state index contributed by atoms with van der Waals surface area (Å²) in [7, 11) is 0. The Bertz CT molecular complexity index is 3730. The Morgan fingerprint density at radius 3 is 1.24 bits per heavy atom. The number of carbonyl (C=O) groups excluding carboxylic acids is 1. The maximum Gasteiger partial charge on any atom is 1.00 e. The molecule has 618 valence electrons. The van der Waals surface area contributed by atoms with Gasteiger partial charge in [-0.05, 0) is 340 Å². The number of ether oxygens (including phenoxy) is 3. The Balaban J connectivity index is 0.000000226. The minimum Gasteiger partial charge on any atom is -0.870 e. The smallest absolute Gasteiger partial charge is 0.870 e. The number of rotatable bonds is 15. The molecule has 10 fully saturated rings. The minimum absolute atomic E-state index is 0. The third-order valence-corrected chi connectivity index (χ3v) is 34.0. The molecule has 0 radical (unpaired) electrons. The number of esters is 1. The first-order valence-electron chi connectivity index (χ1n) is 42.5. The van der Waals surface area contributed by atoms with Gasteiger partial charge in [0.2, 0.25) is 0 Å². The molecule has 20 atom stereocenters. The van der Waals surface area contributed by atoms with E-state index >= 15 is 0 Å². The average Bonchev–Trinajstić information content (AvgIpc) is 1.66. The number of alkyl halides is 1. The number of aliphatic carboxylic acids is 2. The zero-order chi connectivity index (χ0) is 80.9. The van der Waals surface area contributed by atoms with E-state index < -0.39 is 11.9 Å². The number of phenols is 1. The Kier molecular flexibility index (Phi) is 30.7. The molecule has 13 nitrogen and oxygen atoms in total. The monoisotopic (exact) mass is 1570 g/mol. The van der Waals surface area contributed by atoms with Crippen molar-refractivity contribution >= 4 is 29.5 Å². The fraction of sp³-hybridized carbons (Fsp3) is 0.740. The molecule has 0 amide bonds. The SMILES string of the molecule is C=C(C)[C@@H]1CC[C@]2(CO)CC[C@]3(C)C(CCC4[C@@]5(C)CC[C@H](O)C(C)(C)C5CC[C@]43C)C12.C=C(C)[C@@H]1CC[C@]2(COC(=O)COc3cc(C(C)C)ccc3C)CC[C@]3(C)C(CCC4[C@@]5(C)CC[C@H](O)C(C)(C)C5CC[C@]43C)C12.Cc1ccc(C(C)C)cc1O.Cc1ccc(C(C)C)cc1OCC(=O)O.O=C(O)CCl.[Na+].[OH-]. The summed E-state index contributed by atoms with van der Waals surface area (Å²) in [5, 5.41) is 58.1. The van der Waals surface area contributed by atoms with Crippen LogP contribution >= 0.6 is 11.6 Å². The Labute approximate surface area is 697 Å². The van der Waals surface area contributed by atoms with Gasteiger partial charge in [-0.25, -0.2) is 9.59 Å². The number of aryl methyl sites for hydroxylation is 3. The van der Waals surface area contributed by atoms with Crippen molar-refractivity contribution in [3.63, 3.8) is 0 Å². The van der Waals surface area contributed by atoms with Gasteiger partial charge in [0.05, 0.1) is 18.8 Å². The molecule has 0 heterocycles. The van der Waals surface area contributed by atoms with E-state index in [9.17, 15) is 34.8 Å². The van der Waals surface area contributed by atoms with Crippen molar-refractivity contribution in [3.8, 4) is 17.2 Å². The van der Waals surface area contributed by atoms with E-state index in [4.69, 9.17) is 36.0 Å². The van der Waals surface area contributed by atoms with Gasteiger partial charge in [-0.15, -0.1) is 11.6 Å². The van der Waals surface area contributed by atoms with Crippen LogP contribution in [0.25, 0.3) is 0 Å². The van der Waals surface area contributed by atoms with Crippen molar-refractivity contribution in [2.45, 2.75) is 304 Å². The van der Waals surface area contributed by atoms with E-state index in [1.807, 2.05) is 51.1 Å². The summed E-state index contributed by atoms with van der Waals surface area (Å²) in [5.41, 5.74) is 11.2. The summed E-state index contributed by atoms with van der Waals surface area (Å²) in [6, 6.07) is 18.0. The van der Waals surface area contributed by atoms with E-state index in [0.29, 0.717) is 106 Å². The van der Waals surface area contributed by atoms with Gasteiger partial charge in [-0.1, -0.05) is 171 Å². The third-order valence-electron chi connectivity index (χ3n) is 33.7. The van der Waals surface area contributed by atoms with Crippen molar-refractivity contribution in [1.82, 2.24) is 0 Å². The van der Waals surface area contributed by atoms with Crippen molar-refractivity contribution < 1.29 is 94.3 Å². The van der Waals surface area contributed by atoms with Crippen molar-refractivity contribution in [2.75, 3.05) is 32.3 Å². The Morgan fingerprint density at radius 1 is 0.486 bits per heavy atom. The number of halogens is 1. The molecule has 10 aliphatic rings. The zero-order valence-electron chi connectivity index (χ0n) is 72.9. The van der Waals surface area contributed by atoms with Gasteiger partial charge in [0, 0.05) is 12.0 Å². The molecule has 3 aromatic rings. The fourth-order valence-electron chi connectivity index (χ4n) is 26.9. The number of carboxylic acid groups (broad SMARTS) is 2. The third kappa shape index (κ3) is 17.8. The molecule has 10 saturated carbocycles. The molecular formula is C96H148ClNaO13. The Morgan fingerprint density at radius 2 is 0.865 bits per heavy atom. The van der Waals surface area contributed by atoms with Gasteiger partial charge in [-0.3, -0.25) is 4.79 Å². The summed E-state index contributed by atoms with van der Waals surface area (Å²) in [4.78, 5) is 32.9. The van der Waals surface area contributed by atoms with Gasteiger partial charge in [0.1, 0.15) is 23.1 Å². The number of carboxylic acids is 2. The summed E-state index contributed by atoms with van der Waals surface area (Å²) in [6.07, 6.45) is 23.8.